The van der Waals surface area contributed by atoms with Crippen LogP contribution in [-0.2, 0) is 9.53 Å². The molecule has 0 aliphatic carbocycles. The zero-order valence-electron chi connectivity index (χ0n) is 17.9. The standard InChI is InChI=1S/C23H31N3O4/c1-4-17(3)25-23(28)18-7-6-8-20(15-18)24-16-22(27)26-19-9-11-21(12-10-19)30-14-13-29-5-2/h6-12,15,17,24H,4-5,13-14,16H2,1-3H3,(H,25,28)(H,26,27). The Kier molecular flexibility index (Phi) is 9.67. The lowest BCUT2D eigenvalue weighted by atomic mass is 10.1. The molecule has 0 aliphatic heterocycles. The highest BCUT2D eigenvalue weighted by Crippen LogP contribution is 2.16. The van der Waals surface area contributed by atoms with Gasteiger partial charge < -0.3 is 25.4 Å². The first kappa shape index (κ1) is 23.2. The molecule has 0 saturated heterocycles. The molecule has 2 amide bonds. The fraction of sp³-hybridized carbons (Fsp3) is 0.391. The highest BCUT2D eigenvalue weighted by Gasteiger charge is 2.09. The van der Waals surface area contributed by atoms with Gasteiger partial charge >= 0.3 is 0 Å². The van der Waals surface area contributed by atoms with Crippen LogP contribution in [0.3, 0.4) is 0 Å². The predicted molar refractivity (Wildman–Crippen MR) is 119 cm³/mol. The third kappa shape index (κ3) is 8.13. The normalized spacial score (nSPS) is 11.4. The molecule has 3 N–H and O–H groups in total. The van der Waals surface area contributed by atoms with Crippen LogP contribution < -0.4 is 20.7 Å². The monoisotopic (exact) mass is 413 g/mol. The van der Waals surface area contributed by atoms with Crippen LogP contribution in [0.25, 0.3) is 0 Å². The van der Waals surface area contributed by atoms with Gasteiger partial charge in [0.15, 0.2) is 0 Å². The summed E-state index contributed by atoms with van der Waals surface area (Å²) in [6, 6.07) is 14.4. The van der Waals surface area contributed by atoms with Gasteiger partial charge in [0, 0.05) is 29.6 Å². The largest absolute Gasteiger partial charge is 0.491 e. The lowest BCUT2D eigenvalue weighted by Crippen LogP contribution is -2.31. The van der Waals surface area contributed by atoms with Gasteiger partial charge in [0.05, 0.1) is 13.2 Å². The molecule has 2 aromatic carbocycles. The van der Waals surface area contributed by atoms with Gasteiger partial charge in [-0.05, 0) is 62.7 Å². The molecule has 1 unspecified atom stereocenters. The molecular formula is C23H31N3O4. The summed E-state index contributed by atoms with van der Waals surface area (Å²) in [6.07, 6.45) is 0.865. The van der Waals surface area contributed by atoms with Crippen molar-refractivity contribution in [2.45, 2.75) is 33.2 Å². The molecular weight excluding hydrogens is 382 g/mol. The maximum Gasteiger partial charge on any atom is 0.251 e. The lowest BCUT2D eigenvalue weighted by molar-refractivity contribution is -0.114. The van der Waals surface area contributed by atoms with Crippen LogP contribution in [0.2, 0.25) is 0 Å². The minimum absolute atomic E-state index is 0.0864. The van der Waals surface area contributed by atoms with Crippen LogP contribution in [-0.4, -0.2) is 44.2 Å². The van der Waals surface area contributed by atoms with E-state index in [1.54, 1.807) is 42.5 Å². The highest BCUT2D eigenvalue weighted by atomic mass is 16.5. The fourth-order valence-corrected chi connectivity index (χ4v) is 2.56. The summed E-state index contributed by atoms with van der Waals surface area (Å²) in [7, 11) is 0. The zero-order chi connectivity index (χ0) is 21.8. The number of hydrogen-bond acceptors (Lipinski definition) is 5. The summed E-state index contributed by atoms with van der Waals surface area (Å²) < 4.78 is 10.8. The summed E-state index contributed by atoms with van der Waals surface area (Å²) in [5.41, 5.74) is 1.95. The van der Waals surface area contributed by atoms with Gasteiger partial charge in [0.25, 0.3) is 5.91 Å². The second-order valence-corrected chi connectivity index (χ2v) is 6.84. The van der Waals surface area contributed by atoms with Gasteiger partial charge in [-0.25, -0.2) is 0 Å². The van der Waals surface area contributed by atoms with E-state index in [-0.39, 0.29) is 24.4 Å². The molecule has 162 valence electrons. The average molecular weight is 414 g/mol. The maximum absolute atomic E-state index is 12.2. The second kappa shape index (κ2) is 12.5. The molecule has 0 fully saturated rings. The van der Waals surface area contributed by atoms with Crippen molar-refractivity contribution in [2.24, 2.45) is 0 Å². The lowest BCUT2D eigenvalue weighted by Gasteiger charge is -2.13. The van der Waals surface area contributed by atoms with Crippen LogP contribution in [0.4, 0.5) is 11.4 Å². The Labute approximate surface area is 178 Å². The van der Waals surface area contributed by atoms with Crippen molar-refractivity contribution in [3.8, 4) is 5.75 Å². The Morgan fingerprint density at radius 1 is 1.00 bits per heavy atom. The first-order chi connectivity index (χ1) is 14.5. The van der Waals surface area contributed by atoms with Crippen LogP contribution in [0.1, 0.15) is 37.6 Å². The molecule has 0 heterocycles. The molecule has 0 aromatic heterocycles. The van der Waals surface area contributed by atoms with E-state index in [2.05, 4.69) is 16.0 Å². The molecule has 2 rings (SSSR count). The van der Waals surface area contributed by atoms with Crippen molar-refractivity contribution in [3.63, 3.8) is 0 Å². The molecule has 0 spiro atoms. The number of amides is 2. The quantitative estimate of drug-likeness (QED) is 0.462. The SMILES string of the molecule is CCOCCOc1ccc(NC(=O)CNc2cccc(C(=O)NC(C)CC)c2)cc1. The van der Waals surface area contributed by atoms with E-state index in [0.717, 1.165) is 12.2 Å². The van der Waals surface area contributed by atoms with Gasteiger partial charge in [0.2, 0.25) is 5.91 Å². The molecule has 0 radical (unpaired) electrons. The maximum atomic E-state index is 12.2. The Bertz CT molecular complexity index is 808. The summed E-state index contributed by atoms with van der Waals surface area (Å²) in [6.45, 7) is 7.70. The third-order valence-electron chi connectivity index (χ3n) is 4.41. The highest BCUT2D eigenvalue weighted by molar-refractivity contribution is 5.96. The Balaban J connectivity index is 1.80. The summed E-state index contributed by atoms with van der Waals surface area (Å²) in [5.74, 6) is 0.411. The van der Waals surface area contributed by atoms with Crippen molar-refractivity contribution >= 4 is 23.2 Å². The van der Waals surface area contributed by atoms with Crippen LogP contribution >= 0.6 is 0 Å². The van der Waals surface area contributed by atoms with E-state index < -0.39 is 0 Å². The van der Waals surface area contributed by atoms with Crippen LogP contribution in [0, 0.1) is 0 Å². The van der Waals surface area contributed by atoms with E-state index in [4.69, 9.17) is 9.47 Å². The summed E-state index contributed by atoms with van der Waals surface area (Å²) in [4.78, 5) is 24.5. The molecule has 7 heteroatoms. The Morgan fingerprint density at radius 3 is 2.47 bits per heavy atom. The zero-order valence-corrected chi connectivity index (χ0v) is 17.9. The number of ether oxygens (including phenoxy) is 2. The van der Waals surface area contributed by atoms with Crippen LogP contribution in [0.5, 0.6) is 5.75 Å². The molecule has 0 saturated carbocycles. The van der Waals surface area contributed by atoms with Crippen molar-refractivity contribution < 1.29 is 19.1 Å². The number of carbonyl (C=O) groups excluding carboxylic acids is 2. The van der Waals surface area contributed by atoms with Gasteiger partial charge in [-0.1, -0.05) is 13.0 Å². The molecule has 7 nitrogen and oxygen atoms in total. The van der Waals surface area contributed by atoms with Gasteiger partial charge in [0.1, 0.15) is 12.4 Å². The molecule has 2 aromatic rings. The summed E-state index contributed by atoms with van der Waals surface area (Å²) in [5, 5.41) is 8.80. The van der Waals surface area contributed by atoms with Crippen molar-refractivity contribution in [2.75, 3.05) is 37.0 Å². The van der Waals surface area contributed by atoms with Crippen molar-refractivity contribution in [1.29, 1.82) is 0 Å². The number of benzene rings is 2. The molecule has 0 aliphatic rings. The number of hydrogen-bond donors (Lipinski definition) is 3. The van der Waals surface area contributed by atoms with E-state index in [1.807, 2.05) is 26.8 Å². The van der Waals surface area contributed by atoms with E-state index in [0.29, 0.717) is 36.8 Å². The summed E-state index contributed by atoms with van der Waals surface area (Å²) >= 11 is 0. The van der Waals surface area contributed by atoms with Gasteiger partial charge in [-0.15, -0.1) is 0 Å². The van der Waals surface area contributed by atoms with E-state index >= 15 is 0 Å². The Morgan fingerprint density at radius 2 is 1.77 bits per heavy atom. The smallest absolute Gasteiger partial charge is 0.251 e. The Hall–Kier alpha value is -3.06. The van der Waals surface area contributed by atoms with Crippen molar-refractivity contribution in [1.82, 2.24) is 5.32 Å². The minimum Gasteiger partial charge on any atom is -0.491 e. The fourth-order valence-electron chi connectivity index (χ4n) is 2.56. The third-order valence-corrected chi connectivity index (χ3v) is 4.41. The molecule has 0 bridgehead atoms. The first-order valence-corrected chi connectivity index (χ1v) is 10.3. The van der Waals surface area contributed by atoms with Crippen LogP contribution in [0.15, 0.2) is 48.5 Å². The second-order valence-electron chi connectivity index (χ2n) is 6.84. The number of anilines is 2. The topological polar surface area (TPSA) is 88.7 Å². The molecule has 30 heavy (non-hydrogen) atoms. The number of rotatable bonds is 12. The van der Waals surface area contributed by atoms with Gasteiger partial charge in [-0.2, -0.15) is 0 Å². The molecule has 1 atom stereocenters. The number of carbonyl (C=O) groups is 2. The van der Waals surface area contributed by atoms with Crippen molar-refractivity contribution in [3.05, 3.63) is 54.1 Å². The minimum atomic E-state index is -0.186. The number of nitrogens with one attached hydrogen (secondary N) is 3. The average Bonchev–Trinajstić information content (AvgIpc) is 2.76. The van der Waals surface area contributed by atoms with E-state index in [9.17, 15) is 9.59 Å². The van der Waals surface area contributed by atoms with E-state index in [1.165, 1.54) is 0 Å². The predicted octanol–water partition coefficient (Wildman–Crippen LogP) is 3.68. The first-order valence-electron chi connectivity index (χ1n) is 10.3. The van der Waals surface area contributed by atoms with Gasteiger partial charge in [-0.3, -0.25) is 9.59 Å².